The predicted molar refractivity (Wildman–Crippen MR) is 99.1 cm³/mol. The van der Waals surface area contributed by atoms with Gasteiger partial charge < -0.3 is 10.3 Å². The summed E-state index contributed by atoms with van der Waals surface area (Å²) in [7, 11) is 0. The minimum Gasteiger partial charge on any atom is -0.335 e. The molecule has 0 aliphatic heterocycles. The van der Waals surface area contributed by atoms with Crippen molar-refractivity contribution in [3.8, 4) is 17.5 Å². The summed E-state index contributed by atoms with van der Waals surface area (Å²) in [6.45, 7) is 1.89. The van der Waals surface area contributed by atoms with E-state index in [1.165, 1.54) is 6.33 Å². The Morgan fingerprint density at radius 2 is 2.04 bits per heavy atom. The van der Waals surface area contributed by atoms with E-state index in [0.717, 1.165) is 16.7 Å². The van der Waals surface area contributed by atoms with E-state index in [1.54, 1.807) is 30.5 Å². The van der Waals surface area contributed by atoms with Crippen LogP contribution in [0.1, 0.15) is 11.3 Å². The van der Waals surface area contributed by atoms with Crippen molar-refractivity contribution in [3.05, 3.63) is 59.1 Å². The number of nitrogens with one attached hydrogen (secondary N) is 2. The normalized spacial score (nSPS) is 10.7. The lowest BCUT2D eigenvalue weighted by Gasteiger charge is -2.05. The molecule has 3 heterocycles. The monoisotopic (exact) mass is 361 g/mol. The number of anilines is 2. The molecule has 0 saturated carbocycles. The highest BCUT2D eigenvalue weighted by Crippen LogP contribution is 2.30. The molecule has 0 atom stereocenters. The van der Waals surface area contributed by atoms with Gasteiger partial charge in [-0.15, -0.1) is 0 Å². The summed E-state index contributed by atoms with van der Waals surface area (Å²) in [5.74, 6) is 1.79. The zero-order valence-corrected chi connectivity index (χ0v) is 14.4. The van der Waals surface area contributed by atoms with Gasteiger partial charge >= 0.3 is 0 Å². The first-order chi connectivity index (χ1) is 12.6. The molecule has 0 fully saturated rings. The van der Waals surface area contributed by atoms with Crippen molar-refractivity contribution in [2.45, 2.75) is 6.92 Å². The number of aryl methyl sites for hydroxylation is 1. The van der Waals surface area contributed by atoms with Crippen LogP contribution in [0.5, 0.6) is 0 Å². The van der Waals surface area contributed by atoms with Crippen molar-refractivity contribution in [2.75, 3.05) is 5.32 Å². The van der Waals surface area contributed by atoms with E-state index in [9.17, 15) is 0 Å². The molecule has 0 amide bonds. The fourth-order valence-corrected chi connectivity index (χ4v) is 2.78. The standard InChI is InChI=1S/C18H12ClN7/c1-10-6-15(23-9-22-10)25-18-16-14(4-5-21-18)24-17(26-16)12-7-11(8-20)2-3-13(12)19/h2-7,9H,1H3,(H,24,26)(H,21,22,23,25). The number of aromatic nitrogens is 5. The fourth-order valence-electron chi connectivity index (χ4n) is 2.58. The minimum absolute atomic E-state index is 0.511. The van der Waals surface area contributed by atoms with Crippen molar-refractivity contribution in [2.24, 2.45) is 0 Å². The number of nitrogens with zero attached hydrogens (tertiary/aromatic N) is 5. The lowest BCUT2D eigenvalue weighted by Crippen LogP contribution is -1.98. The van der Waals surface area contributed by atoms with E-state index >= 15 is 0 Å². The van der Waals surface area contributed by atoms with Crippen molar-refractivity contribution in [1.29, 1.82) is 5.26 Å². The molecular formula is C18H12ClN7. The molecule has 0 unspecified atom stereocenters. The maximum absolute atomic E-state index is 9.11. The Morgan fingerprint density at radius 1 is 1.15 bits per heavy atom. The lowest BCUT2D eigenvalue weighted by molar-refractivity contribution is 1.10. The van der Waals surface area contributed by atoms with Gasteiger partial charge in [-0.25, -0.2) is 19.9 Å². The average Bonchev–Trinajstić information content (AvgIpc) is 3.07. The van der Waals surface area contributed by atoms with Crippen molar-refractivity contribution < 1.29 is 0 Å². The molecule has 2 N–H and O–H groups in total. The quantitative estimate of drug-likeness (QED) is 0.571. The Kier molecular flexibility index (Phi) is 3.95. The highest BCUT2D eigenvalue weighted by atomic mass is 35.5. The minimum atomic E-state index is 0.511. The SMILES string of the molecule is Cc1cc(Nc2nccc3nc(-c4cc(C#N)ccc4Cl)[nH]c23)ncn1. The Bertz CT molecular complexity index is 1160. The van der Waals surface area contributed by atoms with Gasteiger partial charge in [0.2, 0.25) is 0 Å². The van der Waals surface area contributed by atoms with Crippen LogP contribution in [0.2, 0.25) is 5.02 Å². The third-order valence-electron chi connectivity index (χ3n) is 3.81. The van der Waals surface area contributed by atoms with Crippen molar-refractivity contribution in [1.82, 2.24) is 24.9 Å². The van der Waals surface area contributed by atoms with Gasteiger partial charge in [-0.3, -0.25) is 0 Å². The molecule has 0 radical (unpaired) electrons. The van der Waals surface area contributed by atoms with Crippen molar-refractivity contribution in [3.63, 3.8) is 0 Å². The molecule has 8 heteroatoms. The molecule has 0 spiro atoms. The summed E-state index contributed by atoms with van der Waals surface area (Å²) in [5, 5.41) is 12.8. The summed E-state index contributed by atoms with van der Waals surface area (Å²) < 4.78 is 0. The van der Waals surface area contributed by atoms with Gasteiger partial charge in [-0.2, -0.15) is 5.26 Å². The second-order valence-corrected chi connectivity index (χ2v) is 6.02. The summed E-state index contributed by atoms with van der Waals surface area (Å²) in [5.41, 5.74) is 3.46. The molecule has 0 aliphatic carbocycles. The Labute approximate surface area is 153 Å². The highest BCUT2D eigenvalue weighted by molar-refractivity contribution is 6.33. The molecule has 3 aromatic heterocycles. The smallest absolute Gasteiger partial charge is 0.157 e. The number of aromatic amines is 1. The Hall–Kier alpha value is -3.50. The summed E-state index contributed by atoms with van der Waals surface area (Å²) in [6.07, 6.45) is 3.15. The summed E-state index contributed by atoms with van der Waals surface area (Å²) in [4.78, 5) is 20.4. The Balaban J connectivity index is 1.80. The number of rotatable bonds is 3. The van der Waals surface area contributed by atoms with Crippen LogP contribution in [0.3, 0.4) is 0 Å². The van der Waals surface area contributed by atoms with Gasteiger partial charge in [0.05, 0.1) is 22.2 Å². The molecule has 0 aliphatic rings. The van der Waals surface area contributed by atoms with Gasteiger partial charge in [0.15, 0.2) is 5.82 Å². The fraction of sp³-hybridized carbons (Fsp3) is 0.0556. The lowest BCUT2D eigenvalue weighted by atomic mass is 10.1. The van der Waals surface area contributed by atoms with Gasteiger partial charge in [-0.05, 0) is 31.2 Å². The molecule has 0 saturated heterocycles. The molecule has 4 aromatic rings. The van der Waals surface area contributed by atoms with Crippen LogP contribution in [0, 0.1) is 18.3 Å². The van der Waals surface area contributed by atoms with Gasteiger partial charge in [-0.1, -0.05) is 11.6 Å². The molecule has 26 heavy (non-hydrogen) atoms. The Morgan fingerprint density at radius 3 is 2.85 bits per heavy atom. The first-order valence-corrected chi connectivity index (χ1v) is 8.12. The maximum atomic E-state index is 9.11. The second-order valence-electron chi connectivity index (χ2n) is 5.62. The van der Waals surface area contributed by atoms with E-state index in [0.29, 0.717) is 33.6 Å². The zero-order chi connectivity index (χ0) is 18.1. The molecule has 7 nitrogen and oxygen atoms in total. The van der Waals surface area contributed by atoms with Crippen LogP contribution in [-0.4, -0.2) is 24.9 Å². The summed E-state index contributed by atoms with van der Waals surface area (Å²) >= 11 is 6.28. The van der Waals surface area contributed by atoms with Crippen LogP contribution in [0.25, 0.3) is 22.4 Å². The number of H-pyrrole nitrogens is 1. The van der Waals surface area contributed by atoms with E-state index in [1.807, 2.05) is 13.0 Å². The number of nitriles is 1. The van der Waals surface area contributed by atoms with E-state index < -0.39 is 0 Å². The first kappa shape index (κ1) is 16.0. The van der Waals surface area contributed by atoms with Crippen LogP contribution in [0.15, 0.2) is 42.9 Å². The van der Waals surface area contributed by atoms with Crippen LogP contribution in [0.4, 0.5) is 11.6 Å². The highest BCUT2D eigenvalue weighted by Gasteiger charge is 2.13. The largest absolute Gasteiger partial charge is 0.335 e. The third-order valence-corrected chi connectivity index (χ3v) is 4.14. The number of halogens is 1. The number of hydrogen-bond acceptors (Lipinski definition) is 6. The van der Waals surface area contributed by atoms with E-state index in [2.05, 4.69) is 36.3 Å². The molecule has 126 valence electrons. The molecular weight excluding hydrogens is 350 g/mol. The number of pyridine rings is 1. The van der Waals surface area contributed by atoms with E-state index in [4.69, 9.17) is 16.9 Å². The van der Waals surface area contributed by atoms with E-state index in [-0.39, 0.29) is 0 Å². The molecule has 1 aromatic carbocycles. The maximum Gasteiger partial charge on any atom is 0.157 e. The third kappa shape index (κ3) is 2.94. The van der Waals surface area contributed by atoms with Crippen LogP contribution < -0.4 is 5.32 Å². The predicted octanol–water partition coefficient (Wildman–Crippen LogP) is 3.99. The molecule has 0 bridgehead atoms. The van der Waals surface area contributed by atoms with Crippen LogP contribution in [-0.2, 0) is 0 Å². The zero-order valence-electron chi connectivity index (χ0n) is 13.7. The van der Waals surface area contributed by atoms with Gasteiger partial charge in [0.1, 0.15) is 23.5 Å². The average molecular weight is 362 g/mol. The van der Waals surface area contributed by atoms with Gasteiger partial charge in [0, 0.05) is 23.5 Å². The van der Waals surface area contributed by atoms with Crippen LogP contribution >= 0.6 is 11.6 Å². The number of fused-ring (bicyclic) bond motifs is 1. The topological polar surface area (TPSA) is 103 Å². The molecule has 4 rings (SSSR count). The number of hydrogen-bond donors (Lipinski definition) is 2. The second kappa shape index (κ2) is 6.43. The van der Waals surface area contributed by atoms with Crippen molar-refractivity contribution >= 4 is 34.3 Å². The number of imidazole rings is 1. The first-order valence-electron chi connectivity index (χ1n) is 7.74. The summed E-state index contributed by atoms with van der Waals surface area (Å²) in [6, 6.07) is 10.8. The number of benzene rings is 1. The van der Waals surface area contributed by atoms with Gasteiger partial charge in [0.25, 0.3) is 0 Å².